The maximum atomic E-state index is 17.5. The second-order valence-electron chi connectivity index (χ2n) is 17.2. The highest BCUT2D eigenvalue weighted by atomic mass is 32.2. The van der Waals surface area contributed by atoms with Gasteiger partial charge in [0.25, 0.3) is 0 Å². The third-order valence-electron chi connectivity index (χ3n) is 11.5. The van der Waals surface area contributed by atoms with E-state index in [0.717, 1.165) is 15.9 Å². The summed E-state index contributed by atoms with van der Waals surface area (Å²) in [6.45, 7) is 4.17. The Kier molecular flexibility index (Phi) is 11.7. The minimum Gasteiger partial charge on any atom is -0.497 e. The summed E-state index contributed by atoms with van der Waals surface area (Å²) in [7, 11) is -1.63. The number of rotatable bonds is 9. The minimum atomic E-state index is -5.55. The molecule has 22 heteroatoms. The van der Waals surface area contributed by atoms with Crippen LogP contribution < -0.4 is 24.0 Å². The number of halogens is 8. The van der Waals surface area contributed by atoms with Crippen LogP contribution >= 0.6 is 0 Å². The number of amides is 1. The molecule has 1 amide bonds. The zero-order valence-electron chi connectivity index (χ0n) is 36.1. The van der Waals surface area contributed by atoms with Crippen molar-refractivity contribution in [3.8, 4) is 28.6 Å². The molecule has 0 N–H and O–H groups in total. The number of anilines is 2. The molecule has 5 heterocycles. The van der Waals surface area contributed by atoms with Gasteiger partial charge < -0.3 is 28.7 Å². The first kappa shape index (κ1) is 46.3. The molecule has 3 aliphatic heterocycles. The van der Waals surface area contributed by atoms with E-state index >= 15 is 35.1 Å². The summed E-state index contributed by atoms with van der Waals surface area (Å²) in [6, 6.07) is 10.6. The number of ether oxygens (including phenoxy) is 4. The van der Waals surface area contributed by atoms with Crippen molar-refractivity contribution in [2.45, 2.75) is 94.0 Å². The average Bonchev–Trinajstić information content (AvgIpc) is 3.47. The van der Waals surface area contributed by atoms with Gasteiger partial charge in [0.05, 0.1) is 32.3 Å². The van der Waals surface area contributed by atoms with Crippen LogP contribution in [0.1, 0.15) is 50.3 Å². The van der Waals surface area contributed by atoms with Crippen LogP contribution in [0.2, 0.25) is 0 Å². The summed E-state index contributed by atoms with van der Waals surface area (Å²) in [5.74, 6) is -4.33. The van der Waals surface area contributed by atoms with Crippen molar-refractivity contribution >= 4 is 38.3 Å². The molecule has 0 saturated carbocycles. The smallest absolute Gasteiger partial charge is 0.427 e. The van der Waals surface area contributed by atoms with Gasteiger partial charge >= 0.3 is 18.4 Å². The molecule has 352 valence electrons. The van der Waals surface area contributed by atoms with Crippen molar-refractivity contribution < 1.29 is 67.3 Å². The fraction of sp³-hybridized carbons (Fsp3) is 0.409. The lowest BCUT2D eigenvalue weighted by Gasteiger charge is -2.48. The number of carbonyl (C=O) groups is 1. The van der Waals surface area contributed by atoms with Gasteiger partial charge in [-0.05, 0) is 81.1 Å². The Hall–Kier alpha value is -6.19. The third-order valence-corrected chi connectivity index (χ3v) is 12.4. The quantitative estimate of drug-likeness (QED) is 0.103. The van der Waals surface area contributed by atoms with E-state index in [1.54, 1.807) is 69.3 Å². The molecule has 13 nitrogen and oxygen atoms in total. The Morgan fingerprint density at radius 3 is 1.97 bits per heavy atom. The Morgan fingerprint density at radius 2 is 1.45 bits per heavy atom. The van der Waals surface area contributed by atoms with Crippen molar-refractivity contribution in [1.82, 2.24) is 19.9 Å². The van der Waals surface area contributed by atoms with Gasteiger partial charge in [-0.3, -0.25) is 4.90 Å². The van der Waals surface area contributed by atoms with Gasteiger partial charge in [-0.1, -0.05) is 24.3 Å². The first-order valence-corrected chi connectivity index (χ1v) is 22.3. The number of aromatic nitrogens is 3. The van der Waals surface area contributed by atoms with Crippen LogP contribution in [-0.4, -0.2) is 97.4 Å². The Balaban J connectivity index is 1.35. The lowest BCUT2D eigenvalue weighted by atomic mass is 9.96. The molecular formula is C44H42F8N6O7S. The van der Waals surface area contributed by atoms with E-state index in [-0.39, 0.29) is 31.6 Å². The summed E-state index contributed by atoms with van der Waals surface area (Å²) in [4.78, 5) is 29.2. The van der Waals surface area contributed by atoms with Gasteiger partial charge in [0.2, 0.25) is 27.0 Å². The molecule has 3 aromatic carbocycles. The van der Waals surface area contributed by atoms with Crippen LogP contribution in [0.15, 0.2) is 65.8 Å². The maximum absolute atomic E-state index is 17.5. The highest BCUT2D eigenvalue weighted by Gasteiger charge is 2.61. The highest BCUT2D eigenvalue weighted by Crippen LogP contribution is 2.50. The molecule has 2 bridgehead atoms. The van der Waals surface area contributed by atoms with Crippen LogP contribution in [0.4, 0.5) is 51.4 Å². The summed E-state index contributed by atoms with van der Waals surface area (Å²) < 4.78 is 174. The first-order valence-electron chi connectivity index (χ1n) is 20.4. The molecule has 0 aliphatic carbocycles. The SMILES string of the molecule is COc1ccc(CN(Cc2ccc(OC)cc2)c2cc(F)c(C(F)(F)F)c(-c3nc4c5c(nc(S(C)(=O)=O)nc5c3F)N3C[C@H]5CC[C@@H]([C@H]3[C@H](C(F)(F)F)O4)N5C(=O)OC(C)(C)C)c2)cc1. The van der Waals surface area contributed by atoms with Crippen molar-refractivity contribution in [3.05, 3.63) is 89.0 Å². The van der Waals surface area contributed by atoms with E-state index in [9.17, 15) is 13.2 Å². The number of carbonyl (C=O) groups excluding carboxylic acids is 1. The standard InChI is InChI=1S/C44H42F8N6O7S/c1-42(2,3)65-41(59)58-24-11-16-30(58)36-37(44(50,51)52)64-39-31-35(54-40(66(6,60)61)55-38(31)57(36)21-24)33(46)34(53-39)28-17-25(18-29(45)32(28)43(47,48)49)56(19-22-7-12-26(62-4)13-8-22)20-23-9-14-27(63-5)15-10-23/h7-10,12-15,17-18,24,30,36-37H,11,16,19-21H2,1-6H3/t24-,30+,36+,37-/m1/s1. The lowest BCUT2D eigenvalue weighted by Crippen LogP contribution is -2.68. The number of sulfone groups is 1. The van der Waals surface area contributed by atoms with Crippen molar-refractivity contribution in [3.63, 3.8) is 0 Å². The Bertz CT molecular complexity index is 2760. The molecule has 2 aromatic heterocycles. The number of benzene rings is 3. The van der Waals surface area contributed by atoms with E-state index in [1.807, 2.05) is 0 Å². The zero-order valence-corrected chi connectivity index (χ0v) is 36.9. The minimum absolute atomic E-state index is 0.0118. The zero-order chi connectivity index (χ0) is 47.8. The van der Waals surface area contributed by atoms with E-state index in [4.69, 9.17) is 18.9 Å². The van der Waals surface area contributed by atoms with Gasteiger partial charge in [0.15, 0.2) is 5.82 Å². The van der Waals surface area contributed by atoms with Gasteiger partial charge in [0, 0.05) is 37.1 Å². The molecule has 2 saturated heterocycles. The van der Waals surface area contributed by atoms with E-state index in [1.165, 1.54) is 19.1 Å². The van der Waals surface area contributed by atoms with Gasteiger partial charge in [0.1, 0.15) is 50.9 Å². The van der Waals surface area contributed by atoms with Crippen molar-refractivity contribution in [2.24, 2.45) is 0 Å². The van der Waals surface area contributed by atoms with E-state index in [0.29, 0.717) is 34.9 Å². The molecule has 2 fully saturated rings. The molecule has 8 rings (SSSR count). The van der Waals surface area contributed by atoms with Crippen LogP contribution in [0.3, 0.4) is 0 Å². The topological polar surface area (TPSA) is 137 Å². The number of piperazine rings is 1. The number of hydrogen-bond acceptors (Lipinski definition) is 12. The lowest BCUT2D eigenvalue weighted by molar-refractivity contribution is -0.206. The monoisotopic (exact) mass is 950 g/mol. The molecule has 0 unspecified atom stereocenters. The van der Waals surface area contributed by atoms with Gasteiger partial charge in [-0.2, -0.15) is 26.3 Å². The molecule has 3 aliphatic rings. The number of methoxy groups -OCH3 is 2. The van der Waals surface area contributed by atoms with E-state index < -0.39 is 121 Å². The van der Waals surface area contributed by atoms with Gasteiger partial charge in [-0.25, -0.2) is 36.9 Å². The summed E-state index contributed by atoms with van der Waals surface area (Å²) >= 11 is 0. The summed E-state index contributed by atoms with van der Waals surface area (Å²) in [6.07, 6.45) is -13.9. The normalized spacial score (nSPS) is 19.5. The first-order chi connectivity index (χ1) is 30.9. The van der Waals surface area contributed by atoms with Crippen molar-refractivity contribution in [2.75, 3.05) is 36.8 Å². The summed E-state index contributed by atoms with van der Waals surface area (Å²) in [5, 5.41) is -1.77. The molecule has 4 atom stereocenters. The molecule has 5 aromatic rings. The van der Waals surface area contributed by atoms with Crippen LogP contribution in [-0.2, 0) is 33.8 Å². The predicted molar refractivity (Wildman–Crippen MR) is 223 cm³/mol. The molecule has 0 radical (unpaired) electrons. The third kappa shape index (κ3) is 8.78. The predicted octanol–water partition coefficient (Wildman–Crippen LogP) is 8.90. The second-order valence-corrected chi connectivity index (χ2v) is 19.1. The number of pyridine rings is 1. The molecule has 0 spiro atoms. The van der Waals surface area contributed by atoms with Gasteiger partial charge in [-0.15, -0.1) is 0 Å². The second kappa shape index (κ2) is 16.6. The molecule has 66 heavy (non-hydrogen) atoms. The number of alkyl halides is 6. The van der Waals surface area contributed by atoms with Crippen LogP contribution in [0.25, 0.3) is 22.2 Å². The van der Waals surface area contributed by atoms with E-state index in [2.05, 4.69) is 15.0 Å². The van der Waals surface area contributed by atoms with Crippen LogP contribution in [0, 0.1) is 11.6 Å². The number of fused-ring (bicyclic) bond motifs is 5. The average molecular weight is 951 g/mol. The number of hydrogen-bond donors (Lipinski definition) is 0. The molecular weight excluding hydrogens is 909 g/mol. The summed E-state index contributed by atoms with van der Waals surface area (Å²) in [5.41, 5.74) is -5.81. The maximum Gasteiger partial charge on any atom is 0.427 e. The number of nitrogens with zero attached hydrogens (tertiary/aromatic N) is 6. The van der Waals surface area contributed by atoms with Crippen molar-refractivity contribution in [1.29, 1.82) is 0 Å². The largest absolute Gasteiger partial charge is 0.497 e. The fourth-order valence-corrected chi connectivity index (χ4v) is 9.27. The van der Waals surface area contributed by atoms with Crippen LogP contribution in [0.5, 0.6) is 17.4 Å². The fourth-order valence-electron chi connectivity index (χ4n) is 8.76. The highest BCUT2D eigenvalue weighted by molar-refractivity contribution is 7.90. The Morgan fingerprint density at radius 1 is 0.864 bits per heavy atom. The Labute approximate surface area is 373 Å².